The first-order valence-electron chi connectivity index (χ1n) is 8.86. The number of aliphatic hydroxyl groups is 1. The molecular weight excluding hydrogens is 360 g/mol. The summed E-state index contributed by atoms with van der Waals surface area (Å²) < 4.78 is 10.8. The lowest BCUT2D eigenvalue weighted by Gasteiger charge is -2.17. The Kier molecular flexibility index (Phi) is 5.96. The molecule has 146 valence electrons. The summed E-state index contributed by atoms with van der Waals surface area (Å²) in [5, 5.41) is 12.3. The van der Waals surface area contributed by atoms with Gasteiger partial charge in [-0.2, -0.15) is 0 Å². The number of aliphatic hydroxyl groups excluding tert-OH is 1. The number of benzene rings is 2. The maximum Gasteiger partial charge on any atom is 0.337 e. The minimum absolute atomic E-state index is 0.0785. The monoisotopic (exact) mass is 382 g/mol. The van der Waals surface area contributed by atoms with Crippen molar-refractivity contribution in [1.82, 2.24) is 4.90 Å². The Labute approximate surface area is 163 Å². The fourth-order valence-electron chi connectivity index (χ4n) is 2.98. The maximum absolute atomic E-state index is 12.8. The van der Waals surface area contributed by atoms with E-state index in [1.807, 2.05) is 49.4 Å². The molecule has 1 heterocycles. The van der Waals surface area contributed by atoms with Crippen molar-refractivity contribution in [1.29, 1.82) is 0 Å². The minimum atomic E-state index is -0.588. The summed E-state index contributed by atoms with van der Waals surface area (Å²) in [5.74, 6) is 0.216. The lowest BCUT2D eigenvalue weighted by molar-refractivity contribution is -0.136. The molecule has 0 spiro atoms. The first kappa shape index (κ1) is 19.4. The van der Waals surface area contributed by atoms with Crippen molar-refractivity contribution in [2.75, 3.05) is 32.1 Å². The molecule has 3 rings (SSSR count). The predicted octanol–water partition coefficient (Wildman–Crippen LogP) is 2.46. The Morgan fingerprint density at radius 2 is 1.93 bits per heavy atom. The second kappa shape index (κ2) is 8.58. The van der Waals surface area contributed by atoms with Crippen LogP contribution in [0.25, 0.3) is 0 Å². The van der Waals surface area contributed by atoms with Gasteiger partial charge in [-0.25, -0.2) is 4.79 Å². The largest absolute Gasteiger partial charge is 0.466 e. The number of para-hydroxylation sites is 2. The smallest absolute Gasteiger partial charge is 0.337 e. The molecule has 1 aliphatic rings. The molecule has 2 aromatic carbocycles. The zero-order chi connectivity index (χ0) is 20.1. The number of hydrogen-bond donors (Lipinski definition) is 2. The molecule has 28 heavy (non-hydrogen) atoms. The van der Waals surface area contributed by atoms with Crippen LogP contribution < -0.4 is 10.1 Å². The van der Waals surface area contributed by atoms with E-state index in [0.29, 0.717) is 17.2 Å². The Balaban J connectivity index is 1.97. The number of amides is 1. The van der Waals surface area contributed by atoms with E-state index in [1.54, 1.807) is 6.07 Å². The lowest BCUT2D eigenvalue weighted by Crippen LogP contribution is -2.31. The molecule has 0 aliphatic carbocycles. The molecule has 7 heteroatoms. The summed E-state index contributed by atoms with van der Waals surface area (Å²) in [7, 11) is 1.27. The molecule has 0 aromatic heterocycles. The van der Waals surface area contributed by atoms with Gasteiger partial charge in [0.25, 0.3) is 5.91 Å². The predicted molar refractivity (Wildman–Crippen MR) is 104 cm³/mol. The van der Waals surface area contributed by atoms with Crippen molar-refractivity contribution < 1.29 is 24.2 Å². The van der Waals surface area contributed by atoms with E-state index < -0.39 is 5.97 Å². The van der Waals surface area contributed by atoms with Gasteiger partial charge in [-0.05, 0) is 30.7 Å². The van der Waals surface area contributed by atoms with Crippen LogP contribution in [0.5, 0.6) is 11.5 Å². The number of nitrogens with zero attached hydrogens (tertiary/aromatic N) is 1. The van der Waals surface area contributed by atoms with E-state index in [2.05, 4.69) is 5.32 Å². The third-order valence-corrected chi connectivity index (χ3v) is 4.41. The van der Waals surface area contributed by atoms with E-state index in [-0.39, 0.29) is 36.9 Å². The van der Waals surface area contributed by atoms with Crippen molar-refractivity contribution in [3.8, 4) is 11.5 Å². The molecule has 1 amide bonds. The highest BCUT2D eigenvalue weighted by molar-refractivity contribution is 6.08. The second-order valence-corrected chi connectivity index (χ2v) is 6.28. The molecular formula is C21H22N2O5. The Bertz CT molecular complexity index is 908. The van der Waals surface area contributed by atoms with Crippen LogP contribution in [-0.2, 0) is 14.3 Å². The van der Waals surface area contributed by atoms with Gasteiger partial charge in [0.2, 0.25) is 0 Å². The molecule has 1 aliphatic heterocycles. The van der Waals surface area contributed by atoms with Gasteiger partial charge < -0.3 is 24.8 Å². The summed E-state index contributed by atoms with van der Waals surface area (Å²) in [6.07, 6.45) is 0. The first-order valence-corrected chi connectivity index (χ1v) is 8.86. The van der Waals surface area contributed by atoms with Crippen LogP contribution in [0, 0.1) is 6.92 Å². The molecule has 0 saturated carbocycles. The van der Waals surface area contributed by atoms with Crippen LogP contribution in [0.2, 0.25) is 0 Å². The number of carbonyl (C=O) groups is 2. The van der Waals surface area contributed by atoms with Crippen molar-refractivity contribution >= 4 is 17.6 Å². The van der Waals surface area contributed by atoms with Crippen molar-refractivity contribution in [3.05, 3.63) is 65.4 Å². The quantitative estimate of drug-likeness (QED) is 0.716. The van der Waals surface area contributed by atoms with Crippen molar-refractivity contribution in [3.63, 3.8) is 0 Å². The molecule has 0 radical (unpaired) electrons. The van der Waals surface area contributed by atoms with Gasteiger partial charge in [-0.3, -0.25) is 4.79 Å². The number of nitrogens with one attached hydrogen (secondary N) is 1. The van der Waals surface area contributed by atoms with E-state index >= 15 is 0 Å². The number of methoxy groups -OCH3 is 1. The number of esters is 1. The normalized spacial score (nSPS) is 13.7. The Morgan fingerprint density at radius 3 is 2.61 bits per heavy atom. The number of β-amino-alcohol motifs (C(OH)–C–C–N with tert-alkyl or cyclic N) is 1. The summed E-state index contributed by atoms with van der Waals surface area (Å²) in [4.78, 5) is 26.3. The average Bonchev–Trinajstić information content (AvgIpc) is 3.01. The molecule has 0 fully saturated rings. The summed E-state index contributed by atoms with van der Waals surface area (Å²) in [5.41, 5.74) is 1.78. The number of rotatable bonds is 7. The van der Waals surface area contributed by atoms with Gasteiger partial charge in [0, 0.05) is 6.54 Å². The Hall–Kier alpha value is -3.32. The zero-order valence-electron chi connectivity index (χ0n) is 15.8. The lowest BCUT2D eigenvalue weighted by atomic mass is 10.1. The van der Waals surface area contributed by atoms with E-state index in [9.17, 15) is 14.7 Å². The zero-order valence-corrected chi connectivity index (χ0v) is 15.8. The van der Waals surface area contributed by atoms with E-state index in [1.165, 1.54) is 12.0 Å². The van der Waals surface area contributed by atoms with E-state index in [0.717, 1.165) is 5.56 Å². The van der Waals surface area contributed by atoms with Crippen LogP contribution >= 0.6 is 0 Å². The van der Waals surface area contributed by atoms with Gasteiger partial charge in [-0.1, -0.05) is 30.3 Å². The molecule has 2 aromatic rings. The van der Waals surface area contributed by atoms with Gasteiger partial charge in [-0.15, -0.1) is 0 Å². The van der Waals surface area contributed by atoms with Crippen LogP contribution in [0.1, 0.15) is 5.56 Å². The van der Waals surface area contributed by atoms with Crippen molar-refractivity contribution in [2.24, 2.45) is 0 Å². The molecule has 0 unspecified atom stereocenters. The topological polar surface area (TPSA) is 88.1 Å². The molecule has 0 bridgehead atoms. The number of hydrogen-bond acceptors (Lipinski definition) is 6. The first-order chi connectivity index (χ1) is 13.5. The van der Waals surface area contributed by atoms with Gasteiger partial charge in [0.05, 0.1) is 31.5 Å². The fraction of sp³-hybridized carbons (Fsp3) is 0.238. The summed E-state index contributed by atoms with van der Waals surface area (Å²) in [6, 6.07) is 14.8. The van der Waals surface area contributed by atoms with Gasteiger partial charge >= 0.3 is 5.97 Å². The van der Waals surface area contributed by atoms with Crippen LogP contribution in [-0.4, -0.2) is 48.7 Å². The average molecular weight is 382 g/mol. The molecule has 0 atom stereocenters. The number of carbonyl (C=O) groups excluding carboxylic acids is 2. The standard InChI is InChI=1S/C21H22N2O5/c1-14-7-6-10-17(28-15-8-4-3-5-9-15)18(14)22-19-16(21(26)27-2)13-23(11-12-24)20(19)25/h3-10,22,24H,11-13H2,1-2H3. The van der Waals surface area contributed by atoms with Crippen LogP contribution in [0.3, 0.4) is 0 Å². The van der Waals surface area contributed by atoms with Gasteiger partial charge in [0.1, 0.15) is 11.4 Å². The minimum Gasteiger partial charge on any atom is -0.466 e. The third-order valence-electron chi connectivity index (χ3n) is 4.41. The number of aryl methyl sites for hydroxylation is 1. The molecule has 7 nitrogen and oxygen atoms in total. The highest BCUT2D eigenvalue weighted by atomic mass is 16.5. The van der Waals surface area contributed by atoms with Crippen LogP contribution in [0.4, 0.5) is 5.69 Å². The third kappa shape index (κ3) is 3.99. The second-order valence-electron chi connectivity index (χ2n) is 6.28. The summed E-state index contributed by atoms with van der Waals surface area (Å²) in [6.45, 7) is 1.89. The molecule has 0 saturated heterocycles. The van der Waals surface area contributed by atoms with Crippen molar-refractivity contribution in [2.45, 2.75) is 6.92 Å². The van der Waals surface area contributed by atoms with E-state index in [4.69, 9.17) is 9.47 Å². The Morgan fingerprint density at radius 1 is 1.18 bits per heavy atom. The highest BCUT2D eigenvalue weighted by Crippen LogP contribution is 2.34. The summed E-state index contributed by atoms with van der Waals surface area (Å²) >= 11 is 0. The van der Waals surface area contributed by atoms with Crippen LogP contribution in [0.15, 0.2) is 59.8 Å². The maximum atomic E-state index is 12.8. The van der Waals surface area contributed by atoms with Gasteiger partial charge in [0.15, 0.2) is 5.75 Å². The molecule has 2 N–H and O–H groups in total. The SMILES string of the molecule is COC(=O)C1=C(Nc2c(C)cccc2Oc2ccccc2)C(=O)N(CCO)C1. The fourth-order valence-corrected chi connectivity index (χ4v) is 2.98. The number of anilines is 1. The number of ether oxygens (including phenoxy) is 2. The highest BCUT2D eigenvalue weighted by Gasteiger charge is 2.35.